The van der Waals surface area contributed by atoms with Crippen molar-refractivity contribution in [3.8, 4) is 0 Å². The Labute approximate surface area is 144 Å². The van der Waals surface area contributed by atoms with E-state index in [9.17, 15) is 9.59 Å². The molecule has 0 fully saturated rings. The van der Waals surface area contributed by atoms with Gasteiger partial charge in [0.05, 0.1) is 6.20 Å². The quantitative estimate of drug-likeness (QED) is 0.725. The summed E-state index contributed by atoms with van der Waals surface area (Å²) in [5.74, 6) is -0.640. The number of nitrogens with one attached hydrogen (secondary N) is 2. The number of hydrogen-bond donors (Lipinski definition) is 2. The molecule has 0 aliphatic carbocycles. The van der Waals surface area contributed by atoms with Crippen molar-refractivity contribution >= 4 is 17.5 Å². The summed E-state index contributed by atoms with van der Waals surface area (Å²) >= 11 is 0. The lowest BCUT2D eigenvalue weighted by Crippen LogP contribution is -2.45. The van der Waals surface area contributed by atoms with Gasteiger partial charge in [0.1, 0.15) is 18.0 Å². The summed E-state index contributed by atoms with van der Waals surface area (Å²) in [6.07, 6.45) is 3.10. The average Bonchev–Trinajstić information content (AvgIpc) is 3.15. The topological polar surface area (TPSA) is 84.2 Å². The van der Waals surface area contributed by atoms with Crippen LogP contribution in [-0.4, -0.2) is 23.0 Å². The summed E-state index contributed by atoms with van der Waals surface area (Å²) in [5.41, 5.74) is 1.89. The molecule has 2 aromatic carbocycles. The van der Waals surface area contributed by atoms with Crippen molar-refractivity contribution in [3.05, 3.63) is 84.3 Å². The first-order valence-electron chi connectivity index (χ1n) is 7.82. The minimum atomic E-state index is -0.731. The Morgan fingerprint density at radius 3 is 2.32 bits per heavy atom. The van der Waals surface area contributed by atoms with Gasteiger partial charge in [-0.25, -0.2) is 0 Å². The molecule has 0 saturated heterocycles. The predicted octanol–water partition coefficient (Wildman–Crippen LogP) is 2.65. The van der Waals surface area contributed by atoms with Gasteiger partial charge in [0.15, 0.2) is 0 Å². The molecule has 0 unspecified atom stereocenters. The van der Waals surface area contributed by atoms with Crippen LogP contribution in [0.3, 0.4) is 0 Å². The predicted molar refractivity (Wildman–Crippen MR) is 93.0 cm³/mol. The molecule has 0 saturated carbocycles. The number of aromatic nitrogens is 1. The number of hydrogen-bond acceptors (Lipinski definition) is 4. The number of benzene rings is 2. The van der Waals surface area contributed by atoms with Crippen molar-refractivity contribution in [2.75, 3.05) is 5.32 Å². The molecule has 126 valence electrons. The van der Waals surface area contributed by atoms with Crippen LogP contribution in [0.4, 0.5) is 5.69 Å². The third-order valence-corrected chi connectivity index (χ3v) is 3.64. The Kier molecular flexibility index (Phi) is 5.21. The van der Waals surface area contributed by atoms with E-state index in [1.54, 1.807) is 24.3 Å². The summed E-state index contributed by atoms with van der Waals surface area (Å²) < 4.78 is 4.71. The molecule has 3 rings (SSSR count). The van der Waals surface area contributed by atoms with Crippen molar-refractivity contribution in [3.63, 3.8) is 0 Å². The molecule has 6 nitrogen and oxygen atoms in total. The second-order valence-corrected chi connectivity index (χ2v) is 5.48. The van der Waals surface area contributed by atoms with Crippen LogP contribution in [0.2, 0.25) is 0 Å². The third kappa shape index (κ3) is 4.54. The minimum Gasteiger partial charge on any atom is -0.363 e. The smallest absolute Gasteiger partial charge is 0.251 e. The van der Waals surface area contributed by atoms with Gasteiger partial charge in [-0.15, -0.1) is 0 Å². The van der Waals surface area contributed by atoms with E-state index in [-0.39, 0.29) is 11.8 Å². The van der Waals surface area contributed by atoms with Crippen molar-refractivity contribution < 1.29 is 14.1 Å². The van der Waals surface area contributed by atoms with Crippen molar-refractivity contribution in [1.29, 1.82) is 0 Å². The van der Waals surface area contributed by atoms with Gasteiger partial charge in [-0.1, -0.05) is 53.7 Å². The molecule has 1 atom stereocenters. The Balaban J connectivity index is 1.76. The largest absolute Gasteiger partial charge is 0.363 e. The van der Waals surface area contributed by atoms with Crippen LogP contribution in [0.5, 0.6) is 0 Å². The molecule has 6 heteroatoms. The average molecular weight is 335 g/mol. The van der Waals surface area contributed by atoms with Crippen LogP contribution in [0, 0.1) is 0 Å². The van der Waals surface area contributed by atoms with Gasteiger partial charge in [0, 0.05) is 12.0 Å². The Bertz CT molecular complexity index is 818. The molecule has 0 radical (unpaired) electrons. The number of amides is 2. The summed E-state index contributed by atoms with van der Waals surface area (Å²) in [5, 5.41) is 9.03. The maximum atomic E-state index is 12.6. The Hall–Kier alpha value is -3.41. The highest BCUT2D eigenvalue weighted by Gasteiger charge is 2.22. The molecule has 1 heterocycles. The number of carbonyl (C=O) groups is 2. The lowest BCUT2D eigenvalue weighted by Gasteiger charge is -2.18. The second-order valence-electron chi connectivity index (χ2n) is 5.48. The fraction of sp³-hybridized carbons (Fsp3) is 0.105. The van der Waals surface area contributed by atoms with Crippen LogP contribution in [-0.2, 0) is 11.2 Å². The maximum Gasteiger partial charge on any atom is 0.251 e. The minimum absolute atomic E-state index is 0.304. The van der Waals surface area contributed by atoms with Crippen LogP contribution < -0.4 is 10.6 Å². The molecule has 2 amide bonds. The van der Waals surface area contributed by atoms with Gasteiger partial charge in [-0.3, -0.25) is 9.59 Å². The molecule has 2 N–H and O–H groups in total. The van der Waals surface area contributed by atoms with E-state index in [4.69, 9.17) is 4.52 Å². The molecule has 0 aliphatic heterocycles. The highest BCUT2D eigenvalue weighted by Crippen LogP contribution is 2.09. The first-order valence-corrected chi connectivity index (χ1v) is 7.82. The number of carbonyl (C=O) groups excluding carboxylic acids is 2. The van der Waals surface area contributed by atoms with Crippen LogP contribution in [0.25, 0.3) is 0 Å². The molecule has 0 spiro atoms. The van der Waals surface area contributed by atoms with Gasteiger partial charge in [0.25, 0.3) is 5.91 Å². The highest BCUT2D eigenvalue weighted by molar-refractivity contribution is 6.01. The number of nitrogens with zero attached hydrogens (tertiary/aromatic N) is 1. The van der Waals surface area contributed by atoms with E-state index in [1.165, 1.54) is 12.5 Å². The normalized spacial score (nSPS) is 11.5. The van der Waals surface area contributed by atoms with E-state index in [0.717, 1.165) is 5.56 Å². The zero-order valence-electron chi connectivity index (χ0n) is 13.4. The van der Waals surface area contributed by atoms with Gasteiger partial charge < -0.3 is 15.2 Å². The van der Waals surface area contributed by atoms with Crippen LogP contribution in [0.15, 0.2) is 77.6 Å². The van der Waals surface area contributed by atoms with E-state index >= 15 is 0 Å². The maximum absolute atomic E-state index is 12.6. The molecule has 1 aromatic heterocycles. The zero-order chi connectivity index (χ0) is 17.5. The third-order valence-electron chi connectivity index (χ3n) is 3.64. The fourth-order valence-corrected chi connectivity index (χ4v) is 2.39. The van der Waals surface area contributed by atoms with Gasteiger partial charge in [-0.2, -0.15) is 0 Å². The molecule has 25 heavy (non-hydrogen) atoms. The number of rotatable bonds is 6. The van der Waals surface area contributed by atoms with Gasteiger partial charge >= 0.3 is 0 Å². The summed E-state index contributed by atoms with van der Waals surface area (Å²) in [4.78, 5) is 25.0. The summed E-state index contributed by atoms with van der Waals surface area (Å²) in [6.45, 7) is 0. The van der Waals surface area contributed by atoms with E-state index in [2.05, 4.69) is 15.8 Å². The monoisotopic (exact) mass is 335 g/mol. The van der Waals surface area contributed by atoms with Crippen molar-refractivity contribution in [2.24, 2.45) is 0 Å². The highest BCUT2D eigenvalue weighted by atomic mass is 16.5. The lowest BCUT2D eigenvalue weighted by molar-refractivity contribution is -0.118. The van der Waals surface area contributed by atoms with E-state index < -0.39 is 6.04 Å². The zero-order valence-corrected chi connectivity index (χ0v) is 13.4. The van der Waals surface area contributed by atoms with Crippen molar-refractivity contribution in [2.45, 2.75) is 12.5 Å². The number of anilines is 1. The van der Waals surface area contributed by atoms with E-state index in [1.807, 2.05) is 36.4 Å². The van der Waals surface area contributed by atoms with Crippen LogP contribution >= 0.6 is 0 Å². The summed E-state index contributed by atoms with van der Waals surface area (Å²) in [7, 11) is 0. The fourth-order valence-electron chi connectivity index (χ4n) is 2.39. The van der Waals surface area contributed by atoms with Gasteiger partial charge in [0.2, 0.25) is 5.91 Å². The molecule has 3 aromatic rings. The molecule has 0 bridgehead atoms. The second kappa shape index (κ2) is 7.92. The molecular weight excluding hydrogens is 318 g/mol. The Morgan fingerprint density at radius 1 is 1.00 bits per heavy atom. The van der Waals surface area contributed by atoms with Crippen LogP contribution in [0.1, 0.15) is 15.9 Å². The lowest BCUT2D eigenvalue weighted by atomic mass is 10.0. The summed E-state index contributed by atoms with van der Waals surface area (Å²) in [6, 6.07) is 17.6. The SMILES string of the molecule is O=C(N[C@@H](Cc1ccccc1)C(=O)Nc1cnoc1)c1ccccc1. The van der Waals surface area contributed by atoms with E-state index in [0.29, 0.717) is 17.7 Å². The Morgan fingerprint density at radius 2 is 1.68 bits per heavy atom. The first kappa shape index (κ1) is 16.4. The van der Waals surface area contributed by atoms with Gasteiger partial charge in [-0.05, 0) is 17.7 Å². The standard InChI is InChI=1S/C19H17N3O3/c23-18(15-9-5-2-6-10-15)22-17(11-14-7-3-1-4-8-14)19(24)21-16-12-20-25-13-16/h1-10,12-13,17H,11H2,(H,21,24)(H,22,23)/t17-/m0/s1. The molecule has 0 aliphatic rings. The first-order chi connectivity index (χ1) is 12.2. The molecular formula is C19H17N3O3. The van der Waals surface area contributed by atoms with Crippen molar-refractivity contribution in [1.82, 2.24) is 10.5 Å².